The largest absolute Gasteiger partial charge is 0.344 e. The highest BCUT2D eigenvalue weighted by molar-refractivity contribution is 8.03. The van der Waals surface area contributed by atoms with Crippen LogP contribution in [-0.4, -0.2) is 23.4 Å². The second-order valence-electron chi connectivity index (χ2n) is 11.4. The number of rotatable bonds is 8. The summed E-state index contributed by atoms with van der Waals surface area (Å²) in [5, 5.41) is 0. The van der Waals surface area contributed by atoms with Gasteiger partial charge in [0.1, 0.15) is 6.54 Å². The van der Waals surface area contributed by atoms with Crippen molar-refractivity contribution < 1.29 is 4.58 Å². The first-order chi connectivity index (χ1) is 19.3. The van der Waals surface area contributed by atoms with E-state index in [1.165, 1.54) is 43.7 Å². The Labute approximate surface area is 245 Å². The Morgan fingerprint density at radius 2 is 1.48 bits per heavy atom. The molecule has 5 rings (SSSR count). The summed E-state index contributed by atoms with van der Waals surface area (Å²) in [5.41, 5.74) is 8.05. The van der Waals surface area contributed by atoms with Crippen molar-refractivity contribution in [2.75, 3.05) is 18.0 Å². The zero-order valence-corrected chi connectivity index (χ0v) is 25.5. The summed E-state index contributed by atoms with van der Waals surface area (Å²) < 4.78 is 2.45. The molecule has 0 unspecified atom stereocenters. The zero-order valence-electron chi connectivity index (χ0n) is 24.7. The maximum absolute atomic E-state index is 2.45. The number of hydrogen-bond acceptors (Lipinski definition) is 2. The van der Waals surface area contributed by atoms with E-state index in [4.69, 9.17) is 0 Å². The van der Waals surface area contributed by atoms with Crippen LogP contribution in [0.15, 0.2) is 131 Å². The highest BCUT2D eigenvalue weighted by atomic mass is 32.2. The van der Waals surface area contributed by atoms with Crippen LogP contribution in [0, 0.1) is 0 Å². The Hall–Kier alpha value is -3.56. The van der Waals surface area contributed by atoms with Gasteiger partial charge in [0.15, 0.2) is 5.71 Å². The molecule has 0 aromatic heterocycles. The van der Waals surface area contributed by atoms with Crippen LogP contribution < -0.4 is 4.90 Å². The highest BCUT2D eigenvalue weighted by Gasteiger charge is 2.43. The van der Waals surface area contributed by atoms with E-state index < -0.39 is 0 Å². The molecule has 0 amide bonds. The van der Waals surface area contributed by atoms with Gasteiger partial charge in [0.2, 0.25) is 5.69 Å². The molecule has 3 aromatic carbocycles. The number of hydrogen-bond donors (Lipinski definition) is 0. The molecule has 0 bridgehead atoms. The molecule has 2 aliphatic rings. The van der Waals surface area contributed by atoms with Crippen LogP contribution in [0.2, 0.25) is 0 Å². The first-order valence-corrected chi connectivity index (χ1v) is 15.2. The number of anilines is 1. The van der Waals surface area contributed by atoms with Gasteiger partial charge < -0.3 is 4.90 Å². The molecule has 3 heteroatoms. The topological polar surface area (TPSA) is 6.25 Å². The van der Waals surface area contributed by atoms with Crippen LogP contribution in [0.3, 0.4) is 0 Å². The average Bonchev–Trinajstić information content (AvgIpc) is 3.32. The smallest absolute Gasteiger partial charge is 0.209 e. The molecule has 0 saturated carbocycles. The number of benzene rings is 3. The van der Waals surface area contributed by atoms with Crippen LogP contribution >= 0.6 is 11.8 Å². The Kier molecular flexibility index (Phi) is 8.05. The Morgan fingerprint density at radius 3 is 2.20 bits per heavy atom. The van der Waals surface area contributed by atoms with Crippen molar-refractivity contribution in [1.82, 2.24) is 0 Å². The number of para-hydroxylation sites is 2. The molecule has 0 aliphatic carbocycles. The van der Waals surface area contributed by atoms with Gasteiger partial charge in [-0.2, -0.15) is 4.58 Å². The summed E-state index contributed by atoms with van der Waals surface area (Å²) in [6.07, 6.45) is 13.6. The minimum absolute atomic E-state index is 0.0311. The van der Waals surface area contributed by atoms with Gasteiger partial charge in [-0.05, 0) is 69.7 Å². The molecule has 0 fully saturated rings. The lowest BCUT2D eigenvalue weighted by molar-refractivity contribution is -0.433. The van der Waals surface area contributed by atoms with Crippen LogP contribution in [-0.2, 0) is 10.8 Å². The van der Waals surface area contributed by atoms with Gasteiger partial charge in [-0.3, -0.25) is 0 Å². The third kappa shape index (κ3) is 5.15. The minimum Gasteiger partial charge on any atom is -0.344 e. The van der Waals surface area contributed by atoms with Crippen LogP contribution in [0.5, 0.6) is 0 Å². The average molecular weight is 546 g/mol. The van der Waals surface area contributed by atoms with E-state index in [2.05, 4.69) is 166 Å². The van der Waals surface area contributed by atoms with E-state index >= 15 is 0 Å². The summed E-state index contributed by atoms with van der Waals surface area (Å²) in [4.78, 5) is 4.88. The van der Waals surface area contributed by atoms with E-state index in [0.29, 0.717) is 0 Å². The fraction of sp³-hybridized carbons (Fsp3) is 0.270. The van der Waals surface area contributed by atoms with Gasteiger partial charge in [-0.15, -0.1) is 0 Å². The lowest BCUT2D eigenvalue weighted by Crippen LogP contribution is -2.27. The van der Waals surface area contributed by atoms with Gasteiger partial charge in [0, 0.05) is 50.9 Å². The molecule has 3 aromatic rings. The predicted molar refractivity (Wildman–Crippen MR) is 174 cm³/mol. The summed E-state index contributed by atoms with van der Waals surface area (Å²) in [6, 6.07) is 28.2. The fourth-order valence-corrected chi connectivity index (χ4v) is 7.04. The molecule has 40 heavy (non-hydrogen) atoms. The summed E-state index contributed by atoms with van der Waals surface area (Å²) in [5.74, 6) is 0. The second-order valence-corrected chi connectivity index (χ2v) is 12.6. The standard InChI is InChI=1S/C37H41N2S/c1-7-38-32-24-14-12-22-30(32)36(3,4)34(38)26-16-20-29(40-28-18-10-9-11-19-28)21-17-27-35-37(5,6)31-23-13-15-25-33(31)39(35)8-2/h9-27H,7-8H2,1-6H3/q+1. The van der Waals surface area contributed by atoms with Crippen molar-refractivity contribution in [1.29, 1.82) is 0 Å². The Balaban J connectivity index is 1.47. The fourth-order valence-electron chi connectivity index (χ4n) is 6.18. The number of fused-ring (bicyclic) bond motifs is 2. The second kappa shape index (κ2) is 11.5. The van der Waals surface area contributed by atoms with Crippen molar-refractivity contribution in [3.8, 4) is 0 Å². The molecule has 0 spiro atoms. The lowest BCUT2D eigenvalue weighted by atomic mass is 9.81. The quantitative estimate of drug-likeness (QED) is 0.158. The van der Waals surface area contributed by atoms with Gasteiger partial charge in [0.25, 0.3) is 0 Å². The first-order valence-electron chi connectivity index (χ1n) is 14.4. The molecule has 204 valence electrons. The summed E-state index contributed by atoms with van der Waals surface area (Å²) >= 11 is 1.80. The van der Waals surface area contributed by atoms with E-state index in [1.807, 2.05) is 0 Å². The number of nitrogens with zero attached hydrogens (tertiary/aromatic N) is 2. The van der Waals surface area contributed by atoms with Crippen LogP contribution in [0.1, 0.15) is 52.7 Å². The maximum atomic E-state index is 2.45. The summed E-state index contributed by atoms with van der Waals surface area (Å²) in [7, 11) is 0. The number of allylic oxidation sites excluding steroid dienone is 7. The van der Waals surface area contributed by atoms with Crippen molar-refractivity contribution in [2.45, 2.75) is 57.3 Å². The summed E-state index contributed by atoms with van der Waals surface area (Å²) in [6.45, 7) is 15.7. The molecular formula is C37H41N2S+. The Morgan fingerprint density at radius 1 is 0.800 bits per heavy atom. The third-order valence-electron chi connectivity index (χ3n) is 8.24. The highest BCUT2D eigenvalue weighted by Crippen LogP contribution is 2.47. The lowest BCUT2D eigenvalue weighted by Gasteiger charge is -2.25. The van der Waals surface area contributed by atoms with Crippen molar-refractivity contribution in [2.24, 2.45) is 0 Å². The monoisotopic (exact) mass is 545 g/mol. The molecule has 0 radical (unpaired) electrons. The molecule has 2 heterocycles. The van der Waals surface area contributed by atoms with Gasteiger partial charge >= 0.3 is 0 Å². The zero-order chi connectivity index (χ0) is 28.3. The molecule has 0 N–H and O–H groups in total. The van der Waals surface area contributed by atoms with Gasteiger partial charge in [0.05, 0.1) is 5.41 Å². The number of thioether (sulfide) groups is 1. The SMILES string of the molecule is CCN1/C(=C/C=C/C(=C/C=C/C2=[N+](CC)c3ccccc3C2(C)C)Sc2ccccc2)C(C)(C)c2ccccc21. The third-order valence-corrected chi connectivity index (χ3v) is 9.25. The molecule has 2 aliphatic heterocycles. The van der Waals surface area contributed by atoms with E-state index in [9.17, 15) is 0 Å². The molecule has 2 nitrogen and oxygen atoms in total. The van der Waals surface area contributed by atoms with Crippen molar-refractivity contribution in [3.63, 3.8) is 0 Å². The van der Waals surface area contributed by atoms with Gasteiger partial charge in [-0.25, -0.2) is 0 Å². The first kappa shape index (κ1) is 28.0. The molecule has 0 saturated heterocycles. The molecule has 0 atom stereocenters. The molecular weight excluding hydrogens is 504 g/mol. The maximum Gasteiger partial charge on any atom is 0.209 e. The van der Waals surface area contributed by atoms with Crippen LogP contribution in [0.4, 0.5) is 11.4 Å². The van der Waals surface area contributed by atoms with Crippen LogP contribution in [0.25, 0.3) is 0 Å². The Bertz CT molecular complexity index is 1530. The van der Waals surface area contributed by atoms with E-state index in [0.717, 1.165) is 13.1 Å². The normalized spacial score (nSPS) is 18.8. The van der Waals surface area contributed by atoms with Crippen molar-refractivity contribution >= 4 is 28.8 Å². The van der Waals surface area contributed by atoms with Gasteiger partial charge in [-0.1, -0.05) is 92.4 Å². The van der Waals surface area contributed by atoms with E-state index in [-0.39, 0.29) is 10.8 Å². The minimum atomic E-state index is -0.0311. The predicted octanol–water partition coefficient (Wildman–Crippen LogP) is 9.57. The van der Waals surface area contributed by atoms with Crippen molar-refractivity contribution in [3.05, 3.63) is 137 Å². The van der Waals surface area contributed by atoms with E-state index in [1.54, 1.807) is 11.8 Å². The number of likely N-dealkylation sites (N-methyl/N-ethyl adjacent to an activating group) is 1.